The van der Waals surface area contributed by atoms with Gasteiger partial charge in [0.1, 0.15) is 5.75 Å². The highest BCUT2D eigenvalue weighted by Crippen LogP contribution is 2.16. The molecule has 0 bridgehead atoms. The number of hydrogen-bond donors (Lipinski definition) is 1. The van der Waals surface area contributed by atoms with Gasteiger partial charge in [0, 0.05) is 25.1 Å². The number of aromatic amines is 1. The van der Waals surface area contributed by atoms with E-state index in [1.54, 1.807) is 7.11 Å². The van der Waals surface area contributed by atoms with Crippen LogP contribution in [-0.2, 0) is 11.2 Å². The van der Waals surface area contributed by atoms with Gasteiger partial charge < -0.3 is 14.4 Å². The van der Waals surface area contributed by atoms with Crippen LogP contribution in [0.1, 0.15) is 16.8 Å². The van der Waals surface area contributed by atoms with Crippen LogP contribution in [0.4, 0.5) is 5.95 Å². The van der Waals surface area contributed by atoms with E-state index in [0.29, 0.717) is 31.1 Å². The Kier molecular flexibility index (Phi) is 4.62. The Morgan fingerprint density at radius 2 is 1.96 bits per heavy atom. The lowest BCUT2D eigenvalue weighted by atomic mass is 10.1. The molecule has 1 aliphatic rings. The van der Waals surface area contributed by atoms with Crippen molar-refractivity contribution in [3.8, 4) is 5.75 Å². The van der Waals surface area contributed by atoms with Crippen LogP contribution < -0.4 is 15.2 Å². The minimum Gasteiger partial charge on any atom is -0.497 e. The van der Waals surface area contributed by atoms with E-state index in [0.717, 1.165) is 30.1 Å². The number of nitrogens with zero attached hydrogens (tertiary/aromatic N) is 2. The maximum Gasteiger partial charge on any atom is 0.256 e. The maximum absolute atomic E-state index is 12.5. The van der Waals surface area contributed by atoms with Gasteiger partial charge in [-0.05, 0) is 24.6 Å². The lowest BCUT2D eigenvalue weighted by Crippen LogP contribution is -2.38. The molecule has 1 aromatic carbocycles. The number of hydrogen-bond acceptors (Lipinski definition) is 5. The number of H-pyrrole nitrogens is 1. The zero-order chi connectivity index (χ0) is 16.2. The SMILES string of the molecule is COc1ccc(Cc2c(C)nc(N3CCOCC3)[nH]c2=O)cc1. The topological polar surface area (TPSA) is 67.5 Å². The van der Waals surface area contributed by atoms with Crippen LogP contribution in [0.15, 0.2) is 29.1 Å². The van der Waals surface area contributed by atoms with E-state index in [9.17, 15) is 4.79 Å². The summed E-state index contributed by atoms with van der Waals surface area (Å²) >= 11 is 0. The smallest absolute Gasteiger partial charge is 0.256 e. The van der Waals surface area contributed by atoms with E-state index in [4.69, 9.17) is 9.47 Å². The monoisotopic (exact) mass is 315 g/mol. The highest BCUT2D eigenvalue weighted by molar-refractivity contribution is 5.36. The van der Waals surface area contributed by atoms with Crippen molar-refractivity contribution in [1.29, 1.82) is 0 Å². The number of benzene rings is 1. The highest BCUT2D eigenvalue weighted by Gasteiger charge is 2.16. The largest absolute Gasteiger partial charge is 0.497 e. The molecular weight excluding hydrogens is 294 g/mol. The van der Waals surface area contributed by atoms with E-state index in [-0.39, 0.29) is 5.56 Å². The molecule has 0 saturated carbocycles. The molecule has 1 N–H and O–H groups in total. The lowest BCUT2D eigenvalue weighted by Gasteiger charge is -2.27. The molecular formula is C17H21N3O3. The summed E-state index contributed by atoms with van der Waals surface area (Å²) in [5.41, 5.74) is 2.45. The predicted molar refractivity (Wildman–Crippen MR) is 88.4 cm³/mol. The minimum absolute atomic E-state index is 0.0743. The molecule has 0 atom stereocenters. The molecule has 6 nitrogen and oxygen atoms in total. The van der Waals surface area contributed by atoms with Gasteiger partial charge in [0.25, 0.3) is 5.56 Å². The van der Waals surface area contributed by atoms with E-state index in [1.165, 1.54) is 0 Å². The van der Waals surface area contributed by atoms with Crippen LogP contribution in [-0.4, -0.2) is 43.4 Å². The van der Waals surface area contributed by atoms with Crippen LogP contribution in [0, 0.1) is 6.92 Å². The number of ether oxygens (including phenoxy) is 2. The maximum atomic E-state index is 12.5. The van der Waals surface area contributed by atoms with Gasteiger partial charge in [-0.2, -0.15) is 0 Å². The Labute approximate surface area is 135 Å². The van der Waals surface area contributed by atoms with Crippen molar-refractivity contribution in [3.05, 3.63) is 51.4 Å². The summed E-state index contributed by atoms with van der Waals surface area (Å²) in [6.45, 7) is 4.71. The van der Waals surface area contributed by atoms with E-state index in [2.05, 4.69) is 14.9 Å². The van der Waals surface area contributed by atoms with Crippen molar-refractivity contribution < 1.29 is 9.47 Å². The number of aryl methyl sites for hydroxylation is 1. The first-order chi connectivity index (χ1) is 11.2. The van der Waals surface area contributed by atoms with Crippen molar-refractivity contribution in [1.82, 2.24) is 9.97 Å². The molecule has 122 valence electrons. The average molecular weight is 315 g/mol. The van der Waals surface area contributed by atoms with Crippen LogP contribution >= 0.6 is 0 Å². The predicted octanol–water partition coefficient (Wildman–Crippen LogP) is 1.51. The standard InChI is InChI=1S/C17H21N3O3/c1-12-15(11-13-3-5-14(22-2)6-4-13)16(21)19-17(18-12)20-7-9-23-10-8-20/h3-6H,7-11H2,1-2H3,(H,18,19,21). The summed E-state index contributed by atoms with van der Waals surface area (Å²) in [5.74, 6) is 1.44. The van der Waals surface area contributed by atoms with Gasteiger partial charge >= 0.3 is 0 Å². The Hall–Kier alpha value is -2.34. The van der Waals surface area contributed by atoms with Crippen molar-refractivity contribution >= 4 is 5.95 Å². The third-order valence-electron chi connectivity index (χ3n) is 4.06. The molecule has 0 spiro atoms. The third kappa shape index (κ3) is 3.53. The lowest BCUT2D eigenvalue weighted by molar-refractivity contribution is 0.122. The van der Waals surface area contributed by atoms with Crippen molar-refractivity contribution in [2.45, 2.75) is 13.3 Å². The number of morpholine rings is 1. The van der Waals surface area contributed by atoms with Crippen molar-refractivity contribution in [3.63, 3.8) is 0 Å². The summed E-state index contributed by atoms with van der Waals surface area (Å²) in [7, 11) is 1.64. The second kappa shape index (κ2) is 6.83. The van der Waals surface area contributed by atoms with E-state index >= 15 is 0 Å². The quantitative estimate of drug-likeness (QED) is 0.926. The summed E-state index contributed by atoms with van der Waals surface area (Å²) in [6.07, 6.45) is 0.557. The highest BCUT2D eigenvalue weighted by atomic mass is 16.5. The molecule has 0 radical (unpaired) electrons. The van der Waals surface area contributed by atoms with Crippen LogP contribution in [0.3, 0.4) is 0 Å². The Balaban J connectivity index is 1.83. The van der Waals surface area contributed by atoms with Gasteiger partial charge in [-0.25, -0.2) is 4.98 Å². The molecule has 1 saturated heterocycles. The van der Waals surface area contributed by atoms with Crippen LogP contribution in [0.5, 0.6) is 5.75 Å². The number of nitrogens with one attached hydrogen (secondary N) is 1. The Morgan fingerprint density at radius 3 is 2.57 bits per heavy atom. The fourth-order valence-corrected chi connectivity index (χ4v) is 2.68. The van der Waals surface area contributed by atoms with Crippen molar-refractivity contribution in [2.24, 2.45) is 0 Å². The molecule has 3 rings (SSSR count). The number of rotatable bonds is 4. The van der Waals surface area contributed by atoms with Gasteiger partial charge in [-0.3, -0.25) is 9.78 Å². The first kappa shape index (κ1) is 15.6. The molecule has 1 aliphatic heterocycles. The summed E-state index contributed by atoms with van der Waals surface area (Å²) in [6, 6.07) is 7.73. The molecule has 6 heteroatoms. The molecule has 2 heterocycles. The Morgan fingerprint density at radius 1 is 1.26 bits per heavy atom. The first-order valence-electron chi connectivity index (χ1n) is 7.73. The third-order valence-corrected chi connectivity index (χ3v) is 4.06. The molecule has 23 heavy (non-hydrogen) atoms. The van der Waals surface area contributed by atoms with Crippen LogP contribution in [0.25, 0.3) is 0 Å². The zero-order valence-electron chi connectivity index (χ0n) is 13.5. The number of aromatic nitrogens is 2. The zero-order valence-corrected chi connectivity index (χ0v) is 13.5. The van der Waals surface area contributed by atoms with Gasteiger partial charge in [0.15, 0.2) is 0 Å². The molecule has 2 aromatic rings. The van der Waals surface area contributed by atoms with Gasteiger partial charge in [-0.1, -0.05) is 12.1 Å². The second-order valence-corrected chi connectivity index (χ2v) is 5.58. The van der Waals surface area contributed by atoms with E-state index in [1.807, 2.05) is 31.2 Å². The number of anilines is 1. The average Bonchev–Trinajstić information content (AvgIpc) is 2.59. The van der Waals surface area contributed by atoms with Crippen molar-refractivity contribution in [2.75, 3.05) is 38.3 Å². The van der Waals surface area contributed by atoms with Gasteiger partial charge in [0.05, 0.1) is 26.0 Å². The van der Waals surface area contributed by atoms with Gasteiger partial charge in [0.2, 0.25) is 5.95 Å². The summed E-state index contributed by atoms with van der Waals surface area (Å²) < 4.78 is 10.5. The molecule has 0 amide bonds. The summed E-state index contributed by atoms with van der Waals surface area (Å²) in [4.78, 5) is 22.0. The number of methoxy groups -OCH3 is 1. The fourth-order valence-electron chi connectivity index (χ4n) is 2.68. The molecule has 0 aliphatic carbocycles. The van der Waals surface area contributed by atoms with Crippen LogP contribution in [0.2, 0.25) is 0 Å². The molecule has 0 unspecified atom stereocenters. The normalized spacial score (nSPS) is 14.8. The summed E-state index contributed by atoms with van der Waals surface area (Å²) in [5, 5.41) is 0. The minimum atomic E-state index is -0.0743. The first-order valence-corrected chi connectivity index (χ1v) is 7.73. The van der Waals surface area contributed by atoms with E-state index < -0.39 is 0 Å². The Bertz CT molecular complexity index is 719. The second-order valence-electron chi connectivity index (χ2n) is 5.58. The fraction of sp³-hybridized carbons (Fsp3) is 0.412. The molecule has 1 fully saturated rings. The molecule has 1 aromatic heterocycles. The van der Waals surface area contributed by atoms with Gasteiger partial charge in [-0.15, -0.1) is 0 Å².